The van der Waals surface area contributed by atoms with Gasteiger partial charge in [0.25, 0.3) is 11.4 Å². The Hall–Kier alpha value is -2.91. The molecule has 1 atom stereocenters. The van der Waals surface area contributed by atoms with Gasteiger partial charge in [0.15, 0.2) is 0 Å². The highest BCUT2D eigenvalue weighted by Crippen LogP contribution is 2.40. The topological polar surface area (TPSA) is 128 Å². The van der Waals surface area contributed by atoms with Crippen LogP contribution in [-0.2, 0) is 9.53 Å². The van der Waals surface area contributed by atoms with E-state index in [-0.39, 0.29) is 23.3 Å². The molecule has 1 aliphatic rings. The third-order valence-electron chi connectivity index (χ3n) is 5.51. The van der Waals surface area contributed by atoms with Crippen molar-refractivity contribution < 1.29 is 19.4 Å². The van der Waals surface area contributed by atoms with Crippen LogP contribution in [0.3, 0.4) is 0 Å². The Morgan fingerprint density at radius 1 is 1.17 bits per heavy atom. The molecule has 10 heteroatoms. The number of rotatable bonds is 9. The first-order chi connectivity index (χ1) is 14.1. The maximum absolute atomic E-state index is 12.2. The standard InChI is InChI=1S/C20H30N4O6/c1-13(2)10-16(20(25)30-4)21-15-11-18(22(3)14-8-6-5-7-9-14)19(24(28)29)12-17(15)23(26)27/h11-14,16,21H,5-10H2,1-4H3. The fraction of sp³-hybridized carbons (Fsp3) is 0.650. The van der Waals surface area contributed by atoms with Gasteiger partial charge in [-0.2, -0.15) is 0 Å². The number of benzene rings is 1. The van der Waals surface area contributed by atoms with E-state index in [0.717, 1.165) is 38.2 Å². The molecule has 1 aromatic carbocycles. The molecule has 0 aliphatic heterocycles. The van der Waals surface area contributed by atoms with E-state index in [1.165, 1.54) is 13.2 Å². The van der Waals surface area contributed by atoms with Crippen molar-refractivity contribution in [2.24, 2.45) is 5.92 Å². The van der Waals surface area contributed by atoms with Gasteiger partial charge in [0.1, 0.15) is 17.4 Å². The number of nitrogens with one attached hydrogen (secondary N) is 1. The number of nitro groups is 2. The van der Waals surface area contributed by atoms with Crippen LogP contribution in [0.4, 0.5) is 22.7 Å². The number of nitrogens with zero attached hydrogens (tertiary/aromatic N) is 3. The van der Waals surface area contributed by atoms with Crippen LogP contribution in [0.5, 0.6) is 0 Å². The molecule has 0 amide bonds. The zero-order valence-electron chi connectivity index (χ0n) is 17.9. The number of carbonyl (C=O) groups excluding carboxylic acids is 1. The summed E-state index contributed by atoms with van der Waals surface area (Å²) in [7, 11) is 3.03. The van der Waals surface area contributed by atoms with E-state index in [0.29, 0.717) is 12.1 Å². The zero-order valence-corrected chi connectivity index (χ0v) is 17.9. The van der Waals surface area contributed by atoms with E-state index < -0.39 is 27.5 Å². The van der Waals surface area contributed by atoms with Crippen molar-refractivity contribution in [3.05, 3.63) is 32.4 Å². The Bertz CT molecular complexity index is 792. The Balaban J connectivity index is 2.52. The summed E-state index contributed by atoms with van der Waals surface area (Å²) in [5.74, 6) is -0.415. The second kappa shape index (κ2) is 10.2. The Morgan fingerprint density at radius 2 is 1.77 bits per heavy atom. The smallest absolute Gasteiger partial charge is 0.328 e. The molecular weight excluding hydrogens is 392 g/mol. The summed E-state index contributed by atoms with van der Waals surface area (Å²) >= 11 is 0. The molecule has 0 bridgehead atoms. The number of nitro benzene ring substituents is 2. The van der Waals surface area contributed by atoms with Gasteiger partial charge in [-0.15, -0.1) is 0 Å². The van der Waals surface area contributed by atoms with Gasteiger partial charge in [0, 0.05) is 13.1 Å². The molecule has 0 heterocycles. The molecule has 1 fully saturated rings. The zero-order chi connectivity index (χ0) is 22.4. The average molecular weight is 422 g/mol. The SMILES string of the molecule is COC(=O)C(CC(C)C)Nc1cc(N(C)C2CCCCC2)c([N+](=O)[O-])cc1[N+](=O)[O-]. The van der Waals surface area contributed by atoms with Crippen molar-refractivity contribution in [1.29, 1.82) is 0 Å². The Morgan fingerprint density at radius 3 is 2.27 bits per heavy atom. The van der Waals surface area contributed by atoms with E-state index >= 15 is 0 Å². The minimum absolute atomic E-state index is 0.0688. The summed E-state index contributed by atoms with van der Waals surface area (Å²) in [5, 5.41) is 26.2. The molecule has 1 saturated carbocycles. The molecule has 1 aromatic rings. The van der Waals surface area contributed by atoms with Gasteiger partial charge < -0.3 is 15.0 Å². The minimum Gasteiger partial charge on any atom is -0.467 e. The van der Waals surface area contributed by atoms with Gasteiger partial charge in [0.05, 0.1) is 23.0 Å². The molecule has 0 aromatic heterocycles. The number of methoxy groups -OCH3 is 1. The summed E-state index contributed by atoms with van der Waals surface area (Å²) in [6, 6.07) is 1.71. The summed E-state index contributed by atoms with van der Waals surface area (Å²) in [6.45, 7) is 3.84. The monoisotopic (exact) mass is 422 g/mol. The van der Waals surface area contributed by atoms with E-state index in [1.807, 2.05) is 18.7 Å². The summed E-state index contributed by atoms with van der Waals surface area (Å²) < 4.78 is 4.83. The summed E-state index contributed by atoms with van der Waals surface area (Å²) in [4.78, 5) is 36.1. The van der Waals surface area contributed by atoms with Crippen LogP contribution in [0.15, 0.2) is 12.1 Å². The van der Waals surface area contributed by atoms with Gasteiger partial charge in [0.2, 0.25) is 0 Å². The van der Waals surface area contributed by atoms with Crippen molar-refractivity contribution >= 4 is 28.7 Å². The van der Waals surface area contributed by atoms with Crippen LogP contribution < -0.4 is 10.2 Å². The molecule has 10 nitrogen and oxygen atoms in total. The molecule has 2 rings (SSSR count). The van der Waals surface area contributed by atoms with Crippen LogP contribution in [0.25, 0.3) is 0 Å². The number of hydrogen-bond donors (Lipinski definition) is 1. The highest BCUT2D eigenvalue weighted by atomic mass is 16.6. The lowest BCUT2D eigenvalue weighted by Crippen LogP contribution is -2.34. The molecule has 0 saturated heterocycles. The first-order valence-corrected chi connectivity index (χ1v) is 10.2. The first-order valence-electron chi connectivity index (χ1n) is 10.2. The second-order valence-corrected chi connectivity index (χ2v) is 8.12. The minimum atomic E-state index is -0.803. The lowest BCUT2D eigenvalue weighted by molar-refractivity contribution is -0.393. The van der Waals surface area contributed by atoms with Crippen molar-refractivity contribution in [2.45, 2.75) is 64.5 Å². The maximum atomic E-state index is 12.2. The average Bonchev–Trinajstić information content (AvgIpc) is 2.71. The fourth-order valence-corrected chi connectivity index (χ4v) is 3.94. The van der Waals surface area contributed by atoms with Crippen LogP contribution in [-0.4, -0.2) is 42.1 Å². The number of anilines is 2. The molecule has 1 aliphatic carbocycles. The lowest BCUT2D eigenvalue weighted by Gasteiger charge is -2.33. The Kier molecular flexibility index (Phi) is 7.96. The normalized spacial score (nSPS) is 15.5. The number of ether oxygens (including phenoxy) is 1. The van der Waals surface area contributed by atoms with Crippen molar-refractivity contribution in [3.63, 3.8) is 0 Å². The number of hydrogen-bond acceptors (Lipinski definition) is 8. The largest absolute Gasteiger partial charge is 0.467 e. The van der Waals surface area contributed by atoms with Crippen LogP contribution in [0.2, 0.25) is 0 Å². The third kappa shape index (κ3) is 5.58. The van der Waals surface area contributed by atoms with E-state index in [2.05, 4.69) is 5.32 Å². The predicted octanol–water partition coefficient (Wildman–Crippen LogP) is 4.27. The number of esters is 1. The van der Waals surface area contributed by atoms with E-state index in [1.54, 1.807) is 7.05 Å². The quantitative estimate of drug-likeness (QED) is 0.355. The summed E-state index contributed by atoms with van der Waals surface area (Å²) in [5.41, 5.74) is -0.397. The molecule has 1 unspecified atom stereocenters. The molecule has 0 radical (unpaired) electrons. The maximum Gasteiger partial charge on any atom is 0.328 e. The molecule has 30 heavy (non-hydrogen) atoms. The predicted molar refractivity (Wildman–Crippen MR) is 114 cm³/mol. The third-order valence-corrected chi connectivity index (χ3v) is 5.51. The Labute approximate surface area is 175 Å². The fourth-order valence-electron chi connectivity index (χ4n) is 3.94. The van der Waals surface area contributed by atoms with Crippen LogP contribution >= 0.6 is 0 Å². The van der Waals surface area contributed by atoms with E-state index in [9.17, 15) is 25.0 Å². The summed E-state index contributed by atoms with van der Waals surface area (Å²) in [6.07, 6.45) is 5.43. The van der Waals surface area contributed by atoms with Gasteiger partial charge in [-0.25, -0.2) is 4.79 Å². The van der Waals surface area contributed by atoms with Crippen LogP contribution in [0.1, 0.15) is 52.4 Å². The van der Waals surface area contributed by atoms with Crippen molar-refractivity contribution in [1.82, 2.24) is 0 Å². The molecule has 0 spiro atoms. The van der Waals surface area contributed by atoms with Gasteiger partial charge in [-0.3, -0.25) is 20.2 Å². The van der Waals surface area contributed by atoms with Gasteiger partial charge in [-0.1, -0.05) is 33.1 Å². The van der Waals surface area contributed by atoms with Crippen molar-refractivity contribution in [2.75, 3.05) is 24.4 Å². The van der Waals surface area contributed by atoms with Crippen LogP contribution in [0, 0.1) is 26.1 Å². The lowest BCUT2D eigenvalue weighted by atomic mass is 9.94. The van der Waals surface area contributed by atoms with Gasteiger partial charge >= 0.3 is 5.97 Å². The van der Waals surface area contributed by atoms with E-state index in [4.69, 9.17) is 4.74 Å². The highest BCUT2D eigenvalue weighted by Gasteiger charge is 2.31. The molecule has 166 valence electrons. The molecular formula is C20H30N4O6. The highest BCUT2D eigenvalue weighted by molar-refractivity contribution is 5.83. The van der Waals surface area contributed by atoms with Crippen molar-refractivity contribution in [3.8, 4) is 0 Å². The first kappa shape index (κ1) is 23.4. The van der Waals surface area contributed by atoms with Gasteiger partial charge in [-0.05, 0) is 31.2 Å². The second-order valence-electron chi connectivity index (χ2n) is 8.12. The molecule has 1 N–H and O–H groups in total. The number of carbonyl (C=O) groups is 1.